The number of ether oxygens (including phenoxy) is 2. The number of H-pyrrole nitrogens is 1. The van der Waals surface area contributed by atoms with Crippen molar-refractivity contribution in [2.75, 3.05) is 38.0 Å². The third-order valence-electron chi connectivity index (χ3n) is 4.31. The third kappa shape index (κ3) is 5.15. The Bertz CT molecular complexity index is 1040. The fraction of sp³-hybridized carbons (Fsp3) is 0.350. The van der Waals surface area contributed by atoms with E-state index in [1.807, 2.05) is 6.92 Å². The fourth-order valence-corrected chi connectivity index (χ4v) is 2.84. The molecule has 1 aromatic heterocycles. The van der Waals surface area contributed by atoms with Crippen molar-refractivity contribution >= 4 is 23.5 Å². The molecule has 1 heterocycles. The zero-order valence-electron chi connectivity index (χ0n) is 17.1. The third-order valence-corrected chi connectivity index (χ3v) is 4.31. The van der Waals surface area contributed by atoms with E-state index in [4.69, 9.17) is 15.2 Å². The summed E-state index contributed by atoms with van der Waals surface area (Å²) in [7, 11) is 2.80. The van der Waals surface area contributed by atoms with Gasteiger partial charge in [0.1, 0.15) is 5.82 Å². The molecule has 162 valence electrons. The molecular weight excluding hydrogens is 395 g/mol. The second-order valence-corrected chi connectivity index (χ2v) is 6.35. The number of hydrogen-bond donors (Lipinski definition) is 2. The van der Waals surface area contributed by atoms with Gasteiger partial charge in [-0.15, -0.1) is 0 Å². The van der Waals surface area contributed by atoms with Crippen LogP contribution in [0.3, 0.4) is 0 Å². The molecule has 9 nitrogen and oxygen atoms in total. The zero-order valence-corrected chi connectivity index (χ0v) is 17.1. The Morgan fingerprint density at radius 3 is 2.67 bits per heavy atom. The van der Waals surface area contributed by atoms with Gasteiger partial charge >= 0.3 is 5.69 Å². The van der Waals surface area contributed by atoms with Gasteiger partial charge in [0.2, 0.25) is 0 Å². The minimum absolute atomic E-state index is 0.0221. The molecule has 2 aromatic rings. The molecule has 2 rings (SSSR count). The number of methoxy groups -OCH3 is 2. The summed E-state index contributed by atoms with van der Waals surface area (Å²) in [5, 5.41) is 0. The average Bonchev–Trinajstić information content (AvgIpc) is 2.71. The highest BCUT2D eigenvalue weighted by Crippen LogP contribution is 2.20. The number of nitrogens with two attached hydrogens (primary N) is 1. The lowest BCUT2D eigenvalue weighted by atomic mass is 10.2. The molecule has 0 saturated carbocycles. The first-order chi connectivity index (χ1) is 14.3. The van der Waals surface area contributed by atoms with Crippen LogP contribution >= 0.6 is 0 Å². The van der Waals surface area contributed by atoms with Gasteiger partial charge in [0.25, 0.3) is 11.5 Å². The first-order valence-corrected chi connectivity index (χ1v) is 9.28. The number of aromatic nitrogens is 2. The number of halogens is 1. The predicted molar refractivity (Wildman–Crippen MR) is 112 cm³/mol. The van der Waals surface area contributed by atoms with Crippen molar-refractivity contribution in [2.45, 2.75) is 19.9 Å². The van der Waals surface area contributed by atoms with Gasteiger partial charge in [-0.05, 0) is 30.2 Å². The normalized spacial score (nSPS) is 11.1. The smallest absolute Gasteiger partial charge is 0.330 e. The van der Waals surface area contributed by atoms with E-state index in [9.17, 15) is 18.8 Å². The topological polar surface area (TPSA) is 120 Å². The number of benzene rings is 1. The molecule has 0 radical (unpaired) electrons. The van der Waals surface area contributed by atoms with Crippen LogP contribution in [0.1, 0.15) is 18.9 Å². The fourth-order valence-electron chi connectivity index (χ4n) is 2.84. The van der Waals surface area contributed by atoms with Crippen LogP contribution in [0.4, 0.5) is 15.9 Å². The summed E-state index contributed by atoms with van der Waals surface area (Å²) in [6.07, 6.45) is 3.19. The van der Waals surface area contributed by atoms with Crippen LogP contribution in [-0.2, 0) is 16.1 Å². The molecule has 3 N–H and O–H groups in total. The van der Waals surface area contributed by atoms with Crippen molar-refractivity contribution in [3.05, 3.63) is 56.5 Å². The Morgan fingerprint density at radius 2 is 2.07 bits per heavy atom. The van der Waals surface area contributed by atoms with Gasteiger partial charge in [0, 0.05) is 26.3 Å². The van der Waals surface area contributed by atoms with Crippen molar-refractivity contribution in [1.82, 2.24) is 9.55 Å². The molecule has 0 aliphatic rings. The summed E-state index contributed by atoms with van der Waals surface area (Å²) in [4.78, 5) is 40.7. The van der Waals surface area contributed by atoms with E-state index in [1.54, 1.807) is 6.07 Å². The van der Waals surface area contributed by atoms with Crippen molar-refractivity contribution in [1.29, 1.82) is 0 Å². The van der Waals surface area contributed by atoms with E-state index in [-0.39, 0.29) is 37.0 Å². The van der Waals surface area contributed by atoms with Gasteiger partial charge in [-0.2, -0.15) is 0 Å². The lowest BCUT2D eigenvalue weighted by Gasteiger charge is -2.23. The monoisotopic (exact) mass is 420 g/mol. The number of amides is 1. The highest BCUT2D eigenvalue weighted by atomic mass is 19.1. The SMILES string of the molecule is CCCn1c(N)c(N(CCOC)C(=O)/C=C/c2ccc(OC)c(F)c2)c(=O)[nH]c1=O. The van der Waals surface area contributed by atoms with E-state index in [0.29, 0.717) is 12.0 Å². The Balaban J connectivity index is 2.44. The van der Waals surface area contributed by atoms with Gasteiger partial charge < -0.3 is 15.2 Å². The van der Waals surface area contributed by atoms with E-state index < -0.39 is 23.0 Å². The van der Waals surface area contributed by atoms with Crippen LogP contribution in [0.2, 0.25) is 0 Å². The van der Waals surface area contributed by atoms with E-state index in [0.717, 1.165) is 4.90 Å². The van der Waals surface area contributed by atoms with E-state index in [2.05, 4.69) is 4.98 Å². The molecule has 0 bridgehead atoms. The first-order valence-electron chi connectivity index (χ1n) is 9.28. The number of nitrogens with one attached hydrogen (secondary N) is 1. The Hall–Kier alpha value is -3.40. The number of nitrogens with zero attached hydrogens (tertiary/aromatic N) is 2. The molecule has 0 fully saturated rings. The van der Waals surface area contributed by atoms with Gasteiger partial charge in [-0.1, -0.05) is 13.0 Å². The van der Waals surface area contributed by atoms with Crippen LogP contribution in [0.15, 0.2) is 33.9 Å². The Kier molecular flexibility index (Phi) is 7.93. The number of carbonyl (C=O) groups excluding carboxylic acids is 1. The van der Waals surface area contributed by atoms with Crippen LogP contribution in [0, 0.1) is 5.82 Å². The van der Waals surface area contributed by atoms with Gasteiger partial charge in [-0.3, -0.25) is 24.0 Å². The Labute approximate surface area is 172 Å². The molecule has 10 heteroatoms. The van der Waals surface area contributed by atoms with E-state index >= 15 is 0 Å². The van der Waals surface area contributed by atoms with E-state index in [1.165, 1.54) is 43.1 Å². The van der Waals surface area contributed by atoms with Crippen molar-refractivity contribution in [3.8, 4) is 5.75 Å². The summed E-state index contributed by atoms with van der Waals surface area (Å²) in [5.74, 6) is -1.19. The molecule has 0 atom stereocenters. The summed E-state index contributed by atoms with van der Waals surface area (Å²) >= 11 is 0. The molecule has 0 spiro atoms. The Morgan fingerprint density at radius 1 is 1.33 bits per heavy atom. The average molecular weight is 420 g/mol. The minimum atomic E-state index is -0.779. The number of aromatic amines is 1. The van der Waals surface area contributed by atoms with Gasteiger partial charge in [0.15, 0.2) is 17.3 Å². The number of carbonyl (C=O) groups is 1. The maximum Gasteiger partial charge on any atom is 0.330 e. The first kappa shape index (κ1) is 22.9. The molecule has 0 aliphatic heterocycles. The van der Waals surface area contributed by atoms with Crippen LogP contribution in [0.5, 0.6) is 5.75 Å². The highest BCUT2D eigenvalue weighted by Gasteiger charge is 2.22. The summed E-state index contributed by atoms with van der Waals surface area (Å²) in [5.41, 5.74) is 4.91. The molecular formula is C20H25FN4O5. The second kappa shape index (κ2) is 10.4. The number of rotatable bonds is 9. The number of hydrogen-bond acceptors (Lipinski definition) is 6. The van der Waals surface area contributed by atoms with Crippen molar-refractivity contribution < 1.29 is 18.7 Å². The quantitative estimate of drug-likeness (QED) is 0.592. The summed E-state index contributed by atoms with van der Waals surface area (Å²) in [6, 6.07) is 4.23. The number of nitrogen functional groups attached to an aromatic ring is 1. The molecule has 0 unspecified atom stereocenters. The summed E-state index contributed by atoms with van der Waals surface area (Å²) < 4.78 is 25.0. The number of anilines is 2. The van der Waals surface area contributed by atoms with Crippen LogP contribution < -0.4 is 26.6 Å². The molecule has 0 aliphatic carbocycles. The molecule has 1 amide bonds. The predicted octanol–water partition coefficient (Wildman–Crippen LogP) is 1.37. The largest absolute Gasteiger partial charge is 0.494 e. The zero-order chi connectivity index (χ0) is 22.3. The van der Waals surface area contributed by atoms with Gasteiger partial charge in [-0.25, -0.2) is 9.18 Å². The minimum Gasteiger partial charge on any atom is -0.494 e. The highest BCUT2D eigenvalue weighted by molar-refractivity contribution is 6.05. The summed E-state index contributed by atoms with van der Waals surface area (Å²) in [6.45, 7) is 2.28. The van der Waals surface area contributed by atoms with Gasteiger partial charge in [0.05, 0.1) is 13.7 Å². The maximum atomic E-state index is 13.9. The standard InChI is InChI=1S/C20H25FN4O5/c1-4-9-25-18(22)17(19(27)23-20(25)28)24(10-11-29-2)16(26)8-6-13-5-7-15(30-3)14(21)12-13/h5-8,12H,4,9-11,22H2,1-3H3,(H,23,27,28)/b8-6+. The second-order valence-electron chi connectivity index (χ2n) is 6.35. The lowest BCUT2D eigenvalue weighted by Crippen LogP contribution is -2.42. The van der Waals surface area contributed by atoms with Crippen molar-refractivity contribution in [2.24, 2.45) is 0 Å². The van der Waals surface area contributed by atoms with Crippen molar-refractivity contribution in [3.63, 3.8) is 0 Å². The van der Waals surface area contributed by atoms with Crippen LogP contribution in [-0.4, -0.2) is 42.8 Å². The molecule has 1 aromatic carbocycles. The van der Waals surface area contributed by atoms with Crippen LogP contribution in [0.25, 0.3) is 6.08 Å². The molecule has 30 heavy (non-hydrogen) atoms. The molecule has 0 saturated heterocycles. The lowest BCUT2D eigenvalue weighted by molar-refractivity contribution is -0.114. The maximum absolute atomic E-state index is 13.9.